The first kappa shape index (κ1) is 22.1. The molecular weight excluding hydrogens is 400 g/mol. The highest BCUT2D eigenvalue weighted by Gasteiger charge is 2.30. The molecule has 2 amide bonds. The lowest BCUT2D eigenvalue weighted by Crippen LogP contribution is -2.44. The molecule has 2 aromatic carbocycles. The van der Waals surface area contributed by atoms with Gasteiger partial charge in [0, 0.05) is 24.8 Å². The van der Waals surface area contributed by atoms with Crippen molar-refractivity contribution in [2.24, 2.45) is 5.92 Å². The van der Waals surface area contributed by atoms with Gasteiger partial charge in [-0.2, -0.15) is 0 Å². The summed E-state index contributed by atoms with van der Waals surface area (Å²) in [6.07, 6.45) is 1.29. The van der Waals surface area contributed by atoms with E-state index in [-0.39, 0.29) is 18.4 Å². The Kier molecular flexibility index (Phi) is 7.48. The van der Waals surface area contributed by atoms with Crippen LogP contribution < -0.4 is 14.8 Å². The van der Waals surface area contributed by atoms with E-state index < -0.39 is 18.5 Å². The van der Waals surface area contributed by atoms with Crippen LogP contribution in [0, 0.1) is 5.92 Å². The van der Waals surface area contributed by atoms with Gasteiger partial charge in [-0.1, -0.05) is 18.2 Å². The molecule has 3 rings (SSSR count). The smallest absolute Gasteiger partial charge is 0.321 e. The van der Waals surface area contributed by atoms with Gasteiger partial charge in [0.25, 0.3) is 0 Å². The molecule has 164 valence electrons. The number of Topliss-reactive ketones (excluding diaryl/α,β-unsaturated/α-hetero) is 1. The van der Waals surface area contributed by atoms with Gasteiger partial charge in [-0.15, -0.1) is 0 Å². The summed E-state index contributed by atoms with van der Waals surface area (Å²) >= 11 is 0. The number of likely N-dealkylation sites (tertiary alicyclic amines) is 1. The van der Waals surface area contributed by atoms with Crippen LogP contribution in [0.1, 0.15) is 23.2 Å². The van der Waals surface area contributed by atoms with Gasteiger partial charge in [0.05, 0.1) is 25.7 Å². The number of benzene rings is 2. The van der Waals surface area contributed by atoms with Gasteiger partial charge >= 0.3 is 12.0 Å². The van der Waals surface area contributed by atoms with E-state index in [2.05, 4.69) is 5.32 Å². The Morgan fingerprint density at radius 1 is 1.06 bits per heavy atom. The Labute approximate surface area is 181 Å². The molecular formula is C23H26N2O6. The van der Waals surface area contributed by atoms with Crippen molar-refractivity contribution in [1.82, 2.24) is 4.90 Å². The van der Waals surface area contributed by atoms with Gasteiger partial charge in [0.2, 0.25) is 5.78 Å². The van der Waals surface area contributed by atoms with Crippen LogP contribution in [0.4, 0.5) is 10.5 Å². The zero-order valence-corrected chi connectivity index (χ0v) is 17.6. The molecule has 1 heterocycles. The number of ketones is 1. The Hall–Kier alpha value is -3.55. The van der Waals surface area contributed by atoms with Crippen LogP contribution in [0.5, 0.6) is 11.5 Å². The van der Waals surface area contributed by atoms with Crippen LogP contribution in [0.2, 0.25) is 0 Å². The summed E-state index contributed by atoms with van der Waals surface area (Å²) in [5.41, 5.74) is 1.000. The molecule has 1 saturated heterocycles. The molecule has 31 heavy (non-hydrogen) atoms. The first-order valence-corrected chi connectivity index (χ1v) is 10.0. The molecule has 8 heteroatoms. The van der Waals surface area contributed by atoms with Crippen molar-refractivity contribution in [2.45, 2.75) is 12.8 Å². The zero-order valence-electron chi connectivity index (χ0n) is 17.6. The molecule has 0 bridgehead atoms. The molecule has 1 fully saturated rings. The highest BCUT2D eigenvalue weighted by Crippen LogP contribution is 2.25. The molecule has 1 N–H and O–H groups in total. The maximum Gasteiger partial charge on any atom is 0.321 e. The Morgan fingerprint density at radius 3 is 2.55 bits per heavy atom. The molecule has 0 saturated carbocycles. The molecule has 0 aliphatic carbocycles. The Bertz CT molecular complexity index is 931. The maximum atomic E-state index is 12.5. The lowest BCUT2D eigenvalue weighted by Gasteiger charge is -2.31. The standard InChI is InChI=1S/C23H26N2O6/c1-29-18-10-11-19(21(13-18)30-2)20(26)15-31-22(27)16-7-6-12-25(14-16)23(28)24-17-8-4-3-5-9-17/h3-5,8-11,13,16H,6-7,12,14-15H2,1-2H3,(H,24,28). The number of carbonyl (C=O) groups excluding carboxylic acids is 3. The second-order valence-electron chi connectivity index (χ2n) is 7.18. The molecule has 1 aliphatic heterocycles. The van der Waals surface area contributed by atoms with Crippen LogP contribution in [0.3, 0.4) is 0 Å². The SMILES string of the molecule is COc1ccc(C(=O)COC(=O)C2CCCN(C(=O)Nc3ccccc3)C2)c(OC)c1. The van der Waals surface area contributed by atoms with Gasteiger partial charge in [0.15, 0.2) is 6.61 Å². The summed E-state index contributed by atoms with van der Waals surface area (Å²) in [6.45, 7) is 0.413. The topological polar surface area (TPSA) is 94.2 Å². The minimum absolute atomic E-state index is 0.248. The third-order valence-electron chi connectivity index (χ3n) is 5.12. The van der Waals surface area contributed by atoms with Crippen LogP contribution in [0.15, 0.2) is 48.5 Å². The lowest BCUT2D eigenvalue weighted by atomic mass is 9.98. The van der Waals surface area contributed by atoms with Crippen LogP contribution in [0.25, 0.3) is 0 Å². The van der Waals surface area contributed by atoms with Crippen molar-refractivity contribution in [1.29, 1.82) is 0 Å². The number of para-hydroxylation sites is 1. The summed E-state index contributed by atoms with van der Waals surface area (Å²) in [5, 5.41) is 2.82. The van der Waals surface area contributed by atoms with E-state index in [0.717, 1.165) is 0 Å². The van der Waals surface area contributed by atoms with E-state index in [1.165, 1.54) is 14.2 Å². The summed E-state index contributed by atoms with van der Waals surface area (Å²) < 4.78 is 15.6. The average Bonchev–Trinajstić information content (AvgIpc) is 2.82. The first-order valence-electron chi connectivity index (χ1n) is 10.0. The third kappa shape index (κ3) is 5.75. The van der Waals surface area contributed by atoms with Gasteiger partial charge in [-0.05, 0) is 37.1 Å². The molecule has 0 aromatic heterocycles. The molecule has 1 atom stereocenters. The fourth-order valence-electron chi connectivity index (χ4n) is 3.44. The maximum absolute atomic E-state index is 12.5. The fraction of sp³-hybridized carbons (Fsp3) is 0.348. The number of piperidine rings is 1. The number of hydrogen-bond donors (Lipinski definition) is 1. The van der Waals surface area contributed by atoms with Crippen LogP contribution in [-0.2, 0) is 9.53 Å². The summed E-state index contributed by atoms with van der Waals surface area (Å²) in [5.74, 6) is -0.426. The summed E-state index contributed by atoms with van der Waals surface area (Å²) in [4.78, 5) is 39.1. The van der Waals surface area contributed by atoms with Crippen LogP contribution >= 0.6 is 0 Å². The van der Waals surface area contributed by atoms with Crippen molar-refractivity contribution < 1.29 is 28.6 Å². The molecule has 0 spiro atoms. The fourth-order valence-corrected chi connectivity index (χ4v) is 3.44. The number of urea groups is 1. The lowest BCUT2D eigenvalue weighted by molar-refractivity contribution is -0.148. The molecule has 2 aromatic rings. The number of anilines is 1. The van der Waals surface area contributed by atoms with E-state index in [9.17, 15) is 14.4 Å². The van der Waals surface area contributed by atoms with Gasteiger partial charge < -0.3 is 24.4 Å². The van der Waals surface area contributed by atoms with Crippen molar-refractivity contribution in [2.75, 3.05) is 39.2 Å². The zero-order chi connectivity index (χ0) is 22.2. The van der Waals surface area contributed by atoms with E-state index in [1.807, 2.05) is 18.2 Å². The predicted octanol–water partition coefficient (Wildman–Crippen LogP) is 3.37. The quantitative estimate of drug-likeness (QED) is 0.539. The number of esters is 1. The Balaban J connectivity index is 1.54. The second-order valence-corrected chi connectivity index (χ2v) is 7.18. The summed E-state index contributed by atoms with van der Waals surface area (Å²) in [7, 11) is 2.97. The van der Waals surface area contributed by atoms with Gasteiger partial charge in [0.1, 0.15) is 11.5 Å². The van der Waals surface area contributed by atoms with E-state index in [4.69, 9.17) is 14.2 Å². The minimum atomic E-state index is -0.488. The first-order chi connectivity index (χ1) is 15.0. The van der Waals surface area contributed by atoms with E-state index in [1.54, 1.807) is 35.2 Å². The number of rotatable bonds is 7. The van der Waals surface area contributed by atoms with Crippen LogP contribution in [-0.4, -0.2) is 56.6 Å². The normalized spacial score (nSPS) is 15.7. The number of carbonyl (C=O) groups is 3. The van der Waals surface area contributed by atoms with Crippen molar-refractivity contribution in [3.8, 4) is 11.5 Å². The highest BCUT2D eigenvalue weighted by molar-refractivity contribution is 6.00. The summed E-state index contributed by atoms with van der Waals surface area (Å²) in [6, 6.07) is 13.7. The van der Waals surface area contributed by atoms with E-state index >= 15 is 0 Å². The largest absolute Gasteiger partial charge is 0.497 e. The number of amides is 2. The molecule has 1 unspecified atom stereocenters. The van der Waals surface area contributed by atoms with Crippen molar-refractivity contribution >= 4 is 23.5 Å². The van der Waals surface area contributed by atoms with Gasteiger partial charge in [-0.3, -0.25) is 9.59 Å². The monoisotopic (exact) mass is 426 g/mol. The average molecular weight is 426 g/mol. The Morgan fingerprint density at radius 2 is 1.84 bits per heavy atom. The van der Waals surface area contributed by atoms with Crippen molar-refractivity contribution in [3.05, 3.63) is 54.1 Å². The molecule has 8 nitrogen and oxygen atoms in total. The number of nitrogens with zero attached hydrogens (tertiary/aromatic N) is 1. The molecule has 0 radical (unpaired) electrons. The predicted molar refractivity (Wildman–Crippen MR) is 115 cm³/mol. The van der Waals surface area contributed by atoms with Gasteiger partial charge in [-0.25, -0.2) is 4.79 Å². The number of nitrogens with one attached hydrogen (secondary N) is 1. The second kappa shape index (κ2) is 10.5. The molecule has 1 aliphatic rings. The number of ether oxygens (including phenoxy) is 3. The van der Waals surface area contributed by atoms with Crippen molar-refractivity contribution in [3.63, 3.8) is 0 Å². The number of methoxy groups -OCH3 is 2. The minimum Gasteiger partial charge on any atom is -0.497 e. The number of hydrogen-bond acceptors (Lipinski definition) is 6. The highest BCUT2D eigenvalue weighted by atomic mass is 16.5. The van der Waals surface area contributed by atoms with E-state index in [0.29, 0.717) is 42.1 Å². The third-order valence-corrected chi connectivity index (χ3v) is 5.12.